The Balaban J connectivity index is 2.44. The maximum Gasteiger partial charge on any atom is 0.334 e. The molecule has 0 bridgehead atoms. The third kappa shape index (κ3) is 5.58. The number of carboxylic acids is 1. The Morgan fingerprint density at radius 3 is 2.57 bits per heavy atom. The monoisotopic (exact) mass is 301 g/mol. The van der Waals surface area contributed by atoms with Gasteiger partial charge in [0.2, 0.25) is 5.91 Å². The molecule has 2 atom stereocenters. The fourth-order valence-electron chi connectivity index (χ4n) is 1.78. The van der Waals surface area contributed by atoms with Crippen molar-refractivity contribution in [1.29, 1.82) is 0 Å². The minimum atomic E-state index is -1.10. The molecule has 1 fully saturated rings. The molecule has 8 heteroatoms. The number of hydrogen-bond donors (Lipinski definition) is 3. The van der Waals surface area contributed by atoms with Crippen molar-refractivity contribution in [1.82, 2.24) is 15.5 Å². The van der Waals surface area contributed by atoms with E-state index in [2.05, 4.69) is 10.6 Å². The number of hydrogen-bond acceptors (Lipinski definition) is 4. The summed E-state index contributed by atoms with van der Waals surface area (Å²) in [6, 6.07) is -1.14. The molecule has 120 valence electrons. The molecule has 1 aliphatic rings. The molecule has 0 aromatic rings. The highest BCUT2D eigenvalue weighted by Gasteiger charge is 2.30. The van der Waals surface area contributed by atoms with Crippen LogP contribution in [-0.4, -0.2) is 66.3 Å². The Labute approximate surface area is 123 Å². The summed E-state index contributed by atoms with van der Waals surface area (Å²) in [4.78, 5) is 36.0. The highest BCUT2D eigenvalue weighted by atomic mass is 16.5. The largest absolute Gasteiger partial charge is 0.479 e. The third-order valence-electron chi connectivity index (χ3n) is 3.05. The first-order valence-corrected chi connectivity index (χ1v) is 6.98. The van der Waals surface area contributed by atoms with Crippen LogP contribution in [0.4, 0.5) is 4.79 Å². The number of aliphatic carboxylic acids is 1. The van der Waals surface area contributed by atoms with Crippen molar-refractivity contribution in [3.05, 3.63) is 0 Å². The first kappa shape index (κ1) is 17.2. The van der Waals surface area contributed by atoms with Crippen LogP contribution >= 0.6 is 0 Å². The molecule has 0 saturated carbocycles. The topological polar surface area (TPSA) is 108 Å². The van der Waals surface area contributed by atoms with Gasteiger partial charge in [0.15, 0.2) is 6.10 Å². The Hall–Kier alpha value is -1.83. The maximum absolute atomic E-state index is 12.0. The first-order valence-electron chi connectivity index (χ1n) is 6.98. The number of carbonyl (C=O) groups excluding carboxylic acids is 2. The van der Waals surface area contributed by atoms with Crippen molar-refractivity contribution in [2.24, 2.45) is 5.92 Å². The standard InChI is InChI=1S/C13H23N3O5/c1-8(2)6-14-11(17)9(3)15-13(20)16-4-5-21-10(7-16)12(18)19/h8-10H,4-7H2,1-3H3,(H,14,17)(H,15,20)(H,18,19). The van der Waals surface area contributed by atoms with Crippen LogP contribution in [0.5, 0.6) is 0 Å². The molecule has 0 aliphatic carbocycles. The summed E-state index contributed by atoms with van der Waals surface area (Å²) in [5, 5.41) is 14.2. The summed E-state index contributed by atoms with van der Waals surface area (Å²) >= 11 is 0. The fourth-order valence-corrected chi connectivity index (χ4v) is 1.78. The van der Waals surface area contributed by atoms with E-state index in [0.29, 0.717) is 19.0 Å². The number of ether oxygens (including phenoxy) is 1. The number of carbonyl (C=O) groups is 3. The van der Waals surface area contributed by atoms with Crippen LogP contribution in [0.15, 0.2) is 0 Å². The van der Waals surface area contributed by atoms with Crippen LogP contribution in [0.3, 0.4) is 0 Å². The normalized spacial score (nSPS) is 20.0. The predicted octanol–water partition coefficient (Wildman–Crippen LogP) is -0.358. The highest BCUT2D eigenvalue weighted by molar-refractivity contribution is 5.87. The van der Waals surface area contributed by atoms with E-state index in [4.69, 9.17) is 9.84 Å². The molecule has 3 N–H and O–H groups in total. The quantitative estimate of drug-likeness (QED) is 0.643. The number of amides is 3. The van der Waals surface area contributed by atoms with Crippen LogP contribution < -0.4 is 10.6 Å². The van der Waals surface area contributed by atoms with Crippen LogP contribution in [-0.2, 0) is 14.3 Å². The molecule has 1 aliphatic heterocycles. The highest BCUT2D eigenvalue weighted by Crippen LogP contribution is 2.06. The molecular weight excluding hydrogens is 278 g/mol. The molecule has 3 amide bonds. The summed E-state index contributed by atoms with van der Waals surface area (Å²) in [6.45, 7) is 6.52. The van der Waals surface area contributed by atoms with Gasteiger partial charge in [0, 0.05) is 13.1 Å². The van der Waals surface area contributed by atoms with E-state index in [-0.39, 0.29) is 19.1 Å². The van der Waals surface area contributed by atoms with Crippen LogP contribution in [0.1, 0.15) is 20.8 Å². The number of rotatable bonds is 5. The number of carboxylic acid groups (broad SMARTS) is 1. The van der Waals surface area contributed by atoms with E-state index in [1.165, 1.54) is 4.90 Å². The van der Waals surface area contributed by atoms with Gasteiger partial charge in [-0.2, -0.15) is 0 Å². The Morgan fingerprint density at radius 1 is 1.33 bits per heavy atom. The fraction of sp³-hybridized carbons (Fsp3) is 0.769. The lowest BCUT2D eigenvalue weighted by Gasteiger charge is -2.31. The summed E-state index contributed by atoms with van der Waals surface area (Å²) < 4.78 is 5.04. The maximum atomic E-state index is 12.0. The molecule has 1 saturated heterocycles. The van der Waals surface area contributed by atoms with E-state index in [1.54, 1.807) is 6.92 Å². The van der Waals surface area contributed by atoms with Crippen molar-refractivity contribution >= 4 is 17.9 Å². The predicted molar refractivity (Wildman–Crippen MR) is 74.8 cm³/mol. The first-order chi connectivity index (χ1) is 9.81. The van der Waals surface area contributed by atoms with E-state index < -0.39 is 24.1 Å². The van der Waals surface area contributed by atoms with Gasteiger partial charge >= 0.3 is 12.0 Å². The van der Waals surface area contributed by atoms with Crippen LogP contribution in [0.25, 0.3) is 0 Å². The van der Waals surface area contributed by atoms with Crippen molar-refractivity contribution < 1.29 is 24.2 Å². The zero-order valence-corrected chi connectivity index (χ0v) is 12.6. The van der Waals surface area contributed by atoms with Gasteiger partial charge in [0.1, 0.15) is 6.04 Å². The van der Waals surface area contributed by atoms with E-state index in [0.717, 1.165) is 0 Å². The van der Waals surface area contributed by atoms with Crippen molar-refractivity contribution in [2.45, 2.75) is 32.9 Å². The zero-order chi connectivity index (χ0) is 16.0. The van der Waals surface area contributed by atoms with Crippen molar-refractivity contribution in [3.8, 4) is 0 Å². The Kier molecular flexibility index (Phi) is 6.41. The molecule has 8 nitrogen and oxygen atoms in total. The van der Waals surface area contributed by atoms with Crippen molar-refractivity contribution in [2.75, 3.05) is 26.2 Å². The summed E-state index contributed by atoms with van der Waals surface area (Å²) in [6.07, 6.45) is -1.02. The molecule has 1 heterocycles. The average molecular weight is 301 g/mol. The van der Waals surface area contributed by atoms with Gasteiger partial charge in [-0.1, -0.05) is 13.8 Å². The van der Waals surface area contributed by atoms with E-state index >= 15 is 0 Å². The molecule has 1 rings (SSSR count). The van der Waals surface area contributed by atoms with Gasteiger partial charge in [-0.3, -0.25) is 4.79 Å². The number of urea groups is 1. The number of nitrogens with one attached hydrogen (secondary N) is 2. The number of morpholine rings is 1. The average Bonchev–Trinajstić information content (AvgIpc) is 2.44. The van der Waals surface area contributed by atoms with E-state index in [1.807, 2.05) is 13.8 Å². The van der Waals surface area contributed by atoms with Crippen LogP contribution in [0.2, 0.25) is 0 Å². The molecule has 0 aromatic carbocycles. The molecule has 21 heavy (non-hydrogen) atoms. The molecule has 2 unspecified atom stereocenters. The van der Waals surface area contributed by atoms with Gasteiger partial charge in [-0.25, -0.2) is 9.59 Å². The summed E-state index contributed by atoms with van der Waals surface area (Å²) in [5.41, 5.74) is 0. The van der Waals surface area contributed by atoms with Gasteiger partial charge in [0.05, 0.1) is 13.2 Å². The second-order valence-electron chi connectivity index (χ2n) is 5.45. The lowest BCUT2D eigenvalue weighted by atomic mass is 10.2. The molecule has 0 aromatic heterocycles. The van der Waals surface area contributed by atoms with Crippen molar-refractivity contribution in [3.63, 3.8) is 0 Å². The van der Waals surface area contributed by atoms with Gasteiger partial charge in [0.25, 0.3) is 0 Å². The van der Waals surface area contributed by atoms with Crippen LogP contribution in [0, 0.1) is 5.92 Å². The summed E-state index contributed by atoms with van der Waals surface area (Å²) in [7, 11) is 0. The van der Waals surface area contributed by atoms with Gasteiger partial charge in [-0.15, -0.1) is 0 Å². The molecular formula is C13H23N3O5. The second kappa shape index (κ2) is 7.82. The van der Waals surface area contributed by atoms with E-state index in [9.17, 15) is 14.4 Å². The zero-order valence-electron chi connectivity index (χ0n) is 12.6. The molecule has 0 spiro atoms. The van der Waals surface area contributed by atoms with Gasteiger partial charge in [-0.05, 0) is 12.8 Å². The smallest absolute Gasteiger partial charge is 0.334 e. The minimum absolute atomic E-state index is 0.0263. The Morgan fingerprint density at radius 2 is 2.00 bits per heavy atom. The molecule has 0 radical (unpaired) electrons. The minimum Gasteiger partial charge on any atom is -0.479 e. The second-order valence-corrected chi connectivity index (χ2v) is 5.45. The lowest BCUT2D eigenvalue weighted by molar-refractivity contribution is -0.154. The Bertz CT molecular complexity index is 399. The lowest BCUT2D eigenvalue weighted by Crippen LogP contribution is -2.55. The SMILES string of the molecule is CC(C)CNC(=O)C(C)NC(=O)N1CCOC(C(=O)O)C1. The summed E-state index contributed by atoms with van der Waals surface area (Å²) in [5.74, 6) is -1.04. The number of nitrogens with zero attached hydrogens (tertiary/aromatic N) is 1. The third-order valence-corrected chi connectivity index (χ3v) is 3.05. The van der Waals surface area contributed by atoms with Gasteiger partial charge < -0.3 is 25.4 Å².